The number of rotatable bonds is 6. The molecule has 1 fully saturated rings. The summed E-state index contributed by atoms with van der Waals surface area (Å²) in [6.07, 6.45) is 0. The highest BCUT2D eigenvalue weighted by Gasteiger charge is 2.34. The number of hydrogen-bond donors (Lipinski definition) is 1. The van der Waals surface area contributed by atoms with E-state index < -0.39 is 0 Å². The molecule has 152 valence electrons. The first-order valence-electron chi connectivity index (χ1n) is 9.55. The van der Waals surface area contributed by atoms with Crippen LogP contribution in [-0.4, -0.2) is 41.2 Å². The highest BCUT2D eigenvalue weighted by molar-refractivity contribution is 7.22. The Morgan fingerprint density at radius 1 is 1.23 bits per heavy atom. The number of anilines is 1. The minimum Gasteiger partial charge on any atom is -0.497 e. The average Bonchev–Trinajstić information content (AvgIpc) is 3.38. The van der Waals surface area contributed by atoms with Crippen molar-refractivity contribution in [3.63, 3.8) is 0 Å². The van der Waals surface area contributed by atoms with Crippen molar-refractivity contribution in [1.29, 1.82) is 0 Å². The van der Waals surface area contributed by atoms with Crippen molar-refractivity contribution in [2.24, 2.45) is 5.92 Å². The minimum atomic E-state index is -0.0805. The lowest BCUT2D eigenvalue weighted by Crippen LogP contribution is -2.53. The molecular formula is C21H19N5O3S. The van der Waals surface area contributed by atoms with Crippen LogP contribution in [0, 0.1) is 5.92 Å². The first-order chi connectivity index (χ1) is 14.7. The van der Waals surface area contributed by atoms with Gasteiger partial charge in [0.2, 0.25) is 17.6 Å². The van der Waals surface area contributed by atoms with Crippen LogP contribution >= 0.6 is 11.3 Å². The molecule has 5 rings (SSSR count). The molecular weight excluding hydrogens is 402 g/mol. The zero-order chi connectivity index (χ0) is 20.5. The second kappa shape index (κ2) is 7.75. The third-order valence-electron chi connectivity index (χ3n) is 5.02. The smallest absolute Gasteiger partial charge is 0.246 e. The number of nitrogens with zero attached hydrogens (tertiary/aromatic N) is 4. The summed E-state index contributed by atoms with van der Waals surface area (Å²) >= 11 is 1.61. The van der Waals surface area contributed by atoms with E-state index in [1.807, 2.05) is 48.5 Å². The lowest BCUT2D eigenvalue weighted by Gasteiger charge is -2.37. The Morgan fingerprint density at radius 2 is 2.07 bits per heavy atom. The van der Waals surface area contributed by atoms with Crippen LogP contribution in [0.2, 0.25) is 0 Å². The van der Waals surface area contributed by atoms with Gasteiger partial charge in [0.1, 0.15) is 5.75 Å². The van der Waals surface area contributed by atoms with Gasteiger partial charge in [0.05, 0.1) is 29.8 Å². The molecule has 0 radical (unpaired) electrons. The highest BCUT2D eigenvalue weighted by Crippen LogP contribution is 2.34. The lowest BCUT2D eigenvalue weighted by atomic mass is 10.0. The fourth-order valence-electron chi connectivity index (χ4n) is 3.29. The SMILES string of the molecule is COc1ccc2nc(N3CC(C(=O)NCc4nc(-c5ccccc5)no4)C3)sc2c1. The van der Waals surface area contributed by atoms with Gasteiger partial charge in [0.15, 0.2) is 5.13 Å². The number of nitrogens with one attached hydrogen (secondary N) is 1. The van der Waals surface area contributed by atoms with Crippen molar-refractivity contribution in [1.82, 2.24) is 20.4 Å². The van der Waals surface area contributed by atoms with E-state index in [2.05, 4.69) is 25.3 Å². The van der Waals surface area contributed by atoms with E-state index in [0.717, 1.165) is 26.7 Å². The van der Waals surface area contributed by atoms with E-state index in [-0.39, 0.29) is 18.4 Å². The van der Waals surface area contributed by atoms with Gasteiger partial charge in [-0.3, -0.25) is 4.79 Å². The van der Waals surface area contributed by atoms with Gasteiger partial charge in [-0.25, -0.2) is 4.98 Å². The summed E-state index contributed by atoms with van der Waals surface area (Å²) in [6.45, 7) is 1.50. The van der Waals surface area contributed by atoms with E-state index in [1.165, 1.54) is 0 Å². The third kappa shape index (κ3) is 3.59. The number of carbonyl (C=O) groups excluding carboxylic acids is 1. The number of ether oxygens (including phenoxy) is 1. The molecule has 0 spiro atoms. The Hall–Kier alpha value is -3.46. The number of benzene rings is 2. The Balaban J connectivity index is 1.15. The van der Waals surface area contributed by atoms with Crippen LogP contribution in [0.3, 0.4) is 0 Å². The van der Waals surface area contributed by atoms with E-state index in [0.29, 0.717) is 24.8 Å². The van der Waals surface area contributed by atoms with Crippen LogP contribution in [0.1, 0.15) is 5.89 Å². The molecule has 0 bridgehead atoms. The number of methoxy groups -OCH3 is 1. The summed E-state index contributed by atoms with van der Waals surface area (Å²) in [6, 6.07) is 15.4. The monoisotopic (exact) mass is 421 g/mol. The Bertz CT molecular complexity index is 1180. The maximum atomic E-state index is 12.4. The zero-order valence-corrected chi connectivity index (χ0v) is 17.1. The predicted molar refractivity (Wildman–Crippen MR) is 113 cm³/mol. The number of aromatic nitrogens is 3. The maximum Gasteiger partial charge on any atom is 0.246 e. The van der Waals surface area contributed by atoms with Crippen molar-refractivity contribution >= 4 is 32.6 Å². The number of carbonyl (C=O) groups is 1. The second-order valence-electron chi connectivity index (χ2n) is 7.03. The highest BCUT2D eigenvalue weighted by atomic mass is 32.1. The first-order valence-corrected chi connectivity index (χ1v) is 10.4. The van der Waals surface area contributed by atoms with E-state index >= 15 is 0 Å². The molecule has 1 aliphatic heterocycles. The quantitative estimate of drug-likeness (QED) is 0.511. The molecule has 30 heavy (non-hydrogen) atoms. The standard InChI is InChI=1S/C21H19N5O3S/c1-28-15-7-8-16-17(9-15)30-21(23-16)26-11-14(12-26)20(27)22-10-18-24-19(25-29-18)13-5-3-2-4-6-13/h2-9,14H,10-12H2,1H3,(H,22,27). The van der Waals surface area contributed by atoms with Gasteiger partial charge in [0, 0.05) is 18.7 Å². The van der Waals surface area contributed by atoms with Gasteiger partial charge in [0.25, 0.3) is 0 Å². The molecule has 9 heteroatoms. The van der Waals surface area contributed by atoms with Crippen LogP contribution in [0.4, 0.5) is 5.13 Å². The van der Waals surface area contributed by atoms with E-state index in [1.54, 1.807) is 18.4 Å². The summed E-state index contributed by atoms with van der Waals surface area (Å²) < 4.78 is 11.6. The molecule has 1 aliphatic rings. The first kappa shape index (κ1) is 18.6. The van der Waals surface area contributed by atoms with Gasteiger partial charge < -0.3 is 19.5 Å². The van der Waals surface area contributed by atoms with Gasteiger partial charge in [-0.2, -0.15) is 4.98 Å². The van der Waals surface area contributed by atoms with Crippen LogP contribution in [0.25, 0.3) is 21.6 Å². The summed E-state index contributed by atoms with van der Waals surface area (Å²) in [4.78, 5) is 23.5. The zero-order valence-electron chi connectivity index (χ0n) is 16.2. The number of hydrogen-bond acceptors (Lipinski definition) is 8. The molecule has 1 saturated heterocycles. The second-order valence-corrected chi connectivity index (χ2v) is 8.04. The van der Waals surface area contributed by atoms with Crippen molar-refractivity contribution < 1.29 is 14.1 Å². The summed E-state index contributed by atoms with van der Waals surface area (Å²) in [5.41, 5.74) is 1.82. The third-order valence-corrected chi connectivity index (χ3v) is 6.10. The van der Waals surface area contributed by atoms with E-state index in [4.69, 9.17) is 9.26 Å². The molecule has 8 nitrogen and oxygen atoms in total. The van der Waals surface area contributed by atoms with Crippen molar-refractivity contribution in [2.75, 3.05) is 25.1 Å². The molecule has 2 aromatic carbocycles. The number of fused-ring (bicyclic) bond motifs is 1. The number of amides is 1. The van der Waals surface area contributed by atoms with Gasteiger partial charge in [-0.1, -0.05) is 46.8 Å². The van der Waals surface area contributed by atoms with Gasteiger partial charge in [-0.15, -0.1) is 0 Å². The van der Waals surface area contributed by atoms with Crippen molar-refractivity contribution in [2.45, 2.75) is 6.54 Å². The lowest BCUT2D eigenvalue weighted by molar-refractivity contribution is -0.126. The normalized spacial score (nSPS) is 14.0. The minimum absolute atomic E-state index is 0.0199. The van der Waals surface area contributed by atoms with Crippen LogP contribution in [0.5, 0.6) is 5.75 Å². The molecule has 0 saturated carbocycles. The molecule has 0 unspecified atom stereocenters. The Labute approximate surface area is 176 Å². The molecule has 1 N–H and O–H groups in total. The summed E-state index contributed by atoms with van der Waals surface area (Å²) in [5, 5.41) is 7.77. The largest absolute Gasteiger partial charge is 0.497 e. The fraction of sp³-hybridized carbons (Fsp3) is 0.238. The topological polar surface area (TPSA) is 93.4 Å². The maximum absolute atomic E-state index is 12.4. The molecule has 3 heterocycles. The average molecular weight is 421 g/mol. The molecule has 4 aromatic rings. The van der Waals surface area contributed by atoms with Crippen molar-refractivity contribution in [3.8, 4) is 17.1 Å². The Kier molecular flexibility index (Phi) is 4.80. The molecule has 0 aliphatic carbocycles. The van der Waals surface area contributed by atoms with Gasteiger partial charge >= 0.3 is 0 Å². The molecule has 2 aromatic heterocycles. The van der Waals surface area contributed by atoms with Crippen molar-refractivity contribution in [3.05, 3.63) is 54.4 Å². The summed E-state index contributed by atoms with van der Waals surface area (Å²) in [7, 11) is 1.65. The number of thiazole rings is 1. The molecule has 0 atom stereocenters. The Morgan fingerprint density at radius 3 is 2.87 bits per heavy atom. The van der Waals surface area contributed by atoms with E-state index in [9.17, 15) is 4.79 Å². The fourth-order valence-corrected chi connectivity index (χ4v) is 4.31. The van der Waals surface area contributed by atoms with Crippen LogP contribution in [0.15, 0.2) is 53.1 Å². The van der Waals surface area contributed by atoms with Crippen LogP contribution in [-0.2, 0) is 11.3 Å². The van der Waals surface area contributed by atoms with Crippen LogP contribution < -0.4 is 15.0 Å². The summed E-state index contributed by atoms with van der Waals surface area (Å²) in [5.74, 6) is 1.62. The predicted octanol–water partition coefficient (Wildman–Crippen LogP) is 3.11. The molecule has 1 amide bonds. The van der Waals surface area contributed by atoms with Gasteiger partial charge in [-0.05, 0) is 18.2 Å².